The molecule has 0 aromatic carbocycles. The molecule has 0 saturated carbocycles. The molecule has 0 aliphatic carbocycles. The zero-order valence-corrected chi connectivity index (χ0v) is 11.1. The second kappa shape index (κ2) is 7.36. The van der Waals surface area contributed by atoms with Crippen molar-refractivity contribution in [2.24, 2.45) is 5.92 Å². The maximum Gasteiger partial charge on any atom is 0.303 e. The Morgan fingerprint density at radius 1 is 1.39 bits per heavy atom. The Morgan fingerprint density at radius 3 is 2.72 bits per heavy atom. The maximum atomic E-state index is 11.5. The highest BCUT2D eigenvalue weighted by Gasteiger charge is 2.24. The number of carbonyl (C=O) groups excluding carboxylic acids is 1. The van der Waals surface area contributed by atoms with Gasteiger partial charge in [-0.2, -0.15) is 0 Å². The number of carbonyl (C=O) groups is 2. The van der Waals surface area contributed by atoms with Crippen molar-refractivity contribution in [2.45, 2.75) is 58.1 Å². The van der Waals surface area contributed by atoms with Gasteiger partial charge in [-0.05, 0) is 25.2 Å². The summed E-state index contributed by atoms with van der Waals surface area (Å²) >= 11 is 0. The topological polar surface area (TPSA) is 75.6 Å². The lowest BCUT2D eigenvalue weighted by atomic mass is 9.96. The van der Waals surface area contributed by atoms with E-state index < -0.39 is 5.97 Å². The third kappa shape index (κ3) is 6.00. The molecule has 0 spiro atoms. The summed E-state index contributed by atoms with van der Waals surface area (Å²) in [5, 5.41) is 11.4. The average molecular weight is 257 g/mol. The molecule has 1 rings (SSSR count). The van der Waals surface area contributed by atoms with Crippen molar-refractivity contribution in [3.8, 4) is 0 Å². The number of aliphatic carboxylic acids is 1. The van der Waals surface area contributed by atoms with Gasteiger partial charge in [0, 0.05) is 19.1 Å². The third-order valence-corrected chi connectivity index (χ3v) is 3.03. The smallest absolute Gasteiger partial charge is 0.303 e. The van der Waals surface area contributed by atoms with Gasteiger partial charge in [0.2, 0.25) is 5.91 Å². The molecule has 104 valence electrons. The quantitative estimate of drug-likeness (QED) is 0.757. The number of nitrogens with one attached hydrogen (secondary N) is 1. The molecule has 18 heavy (non-hydrogen) atoms. The lowest BCUT2D eigenvalue weighted by molar-refractivity contribution is -0.139. The Kier molecular flexibility index (Phi) is 6.12. The summed E-state index contributed by atoms with van der Waals surface area (Å²) in [6.45, 7) is 4.97. The van der Waals surface area contributed by atoms with Gasteiger partial charge in [-0.15, -0.1) is 0 Å². The summed E-state index contributed by atoms with van der Waals surface area (Å²) in [4.78, 5) is 21.9. The summed E-state index contributed by atoms with van der Waals surface area (Å²) in [5.41, 5.74) is 0. The Bertz CT molecular complexity index is 291. The van der Waals surface area contributed by atoms with Crippen molar-refractivity contribution in [3.63, 3.8) is 0 Å². The van der Waals surface area contributed by atoms with E-state index in [-0.39, 0.29) is 30.9 Å². The van der Waals surface area contributed by atoms with Crippen LogP contribution in [0.1, 0.15) is 46.0 Å². The molecule has 0 radical (unpaired) electrons. The van der Waals surface area contributed by atoms with Gasteiger partial charge in [-0.25, -0.2) is 0 Å². The van der Waals surface area contributed by atoms with Crippen molar-refractivity contribution in [1.29, 1.82) is 0 Å². The van der Waals surface area contributed by atoms with Crippen LogP contribution in [0, 0.1) is 5.92 Å². The molecule has 1 fully saturated rings. The lowest BCUT2D eigenvalue weighted by Gasteiger charge is -2.31. The standard InChI is InChI=1S/C13H23NO4/c1-9(2)7-11-8-10(5-6-18-11)14-12(15)3-4-13(16)17/h9-11H,3-8H2,1-2H3,(H,14,15)(H,16,17). The first-order valence-electron chi connectivity index (χ1n) is 6.60. The van der Waals surface area contributed by atoms with Crippen molar-refractivity contribution in [1.82, 2.24) is 5.32 Å². The molecule has 1 aliphatic heterocycles. The van der Waals surface area contributed by atoms with E-state index in [2.05, 4.69) is 19.2 Å². The number of carboxylic acid groups (broad SMARTS) is 1. The molecular weight excluding hydrogens is 234 g/mol. The van der Waals surface area contributed by atoms with Gasteiger partial charge >= 0.3 is 5.97 Å². The first-order chi connectivity index (χ1) is 8.47. The third-order valence-electron chi connectivity index (χ3n) is 3.03. The molecule has 2 N–H and O–H groups in total. The molecular formula is C13H23NO4. The Balaban J connectivity index is 2.28. The van der Waals surface area contributed by atoms with E-state index in [1.54, 1.807) is 0 Å². The molecule has 1 aliphatic rings. The van der Waals surface area contributed by atoms with Crippen LogP contribution >= 0.6 is 0 Å². The van der Waals surface area contributed by atoms with Gasteiger partial charge in [0.1, 0.15) is 0 Å². The number of hydrogen-bond acceptors (Lipinski definition) is 3. The molecule has 0 bridgehead atoms. The van der Waals surface area contributed by atoms with Crippen molar-refractivity contribution < 1.29 is 19.4 Å². The molecule has 5 heteroatoms. The molecule has 0 aromatic heterocycles. The van der Waals surface area contributed by atoms with Gasteiger partial charge in [-0.3, -0.25) is 9.59 Å². The number of rotatable bonds is 6. The maximum absolute atomic E-state index is 11.5. The Hall–Kier alpha value is -1.10. The highest BCUT2D eigenvalue weighted by atomic mass is 16.5. The second-order valence-electron chi connectivity index (χ2n) is 5.30. The fraction of sp³-hybridized carbons (Fsp3) is 0.846. The van der Waals surface area contributed by atoms with Gasteiger partial charge < -0.3 is 15.2 Å². The second-order valence-corrected chi connectivity index (χ2v) is 5.30. The van der Waals surface area contributed by atoms with Crippen molar-refractivity contribution in [2.75, 3.05) is 6.61 Å². The van der Waals surface area contributed by atoms with E-state index in [1.807, 2.05) is 0 Å². The molecule has 2 unspecified atom stereocenters. The molecule has 1 saturated heterocycles. The van der Waals surface area contributed by atoms with E-state index in [9.17, 15) is 9.59 Å². The summed E-state index contributed by atoms with van der Waals surface area (Å²) in [6.07, 6.45) is 2.81. The summed E-state index contributed by atoms with van der Waals surface area (Å²) in [7, 11) is 0. The first kappa shape index (κ1) is 15.0. The van der Waals surface area contributed by atoms with Crippen LogP contribution in [0.2, 0.25) is 0 Å². The minimum atomic E-state index is -0.935. The summed E-state index contributed by atoms with van der Waals surface area (Å²) in [6, 6.07) is 0.129. The molecule has 1 heterocycles. The average Bonchev–Trinajstić information content (AvgIpc) is 2.26. The summed E-state index contributed by atoms with van der Waals surface area (Å²) < 4.78 is 5.65. The van der Waals surface area contributed by atoms with Gasteiger partial charge in [-0.1, -0.05) is 13.8 Å². The predicted molar refractivity (Wildman–Crippen MR) is 67.2 cm³/mol. The van der Waals surface area contributed by atoms with Crippen molar-refractivity contribution >= 4 is 11.9 Å². The largest absolute Gasteiger partial charge is 0.481 e. The number of hydrogen-bond donors (Lipinski definition) is 2. The minimum absolute atomic E-state index is 0.0571. The van der Waals surface area contributed by atoms with Crippen LogP contribution in [0.4, 0.5) is 0 Å². The van der Waals surface area contributed by atoms with Crippen LogP contribution in [0.15, 0.2) is 0 Å². The van der Waals surface area contributed by atoms with Crippen LogP contribution in [0.3, 0.4) is 0 Å². The monoisotopic (exact) mass is 257 g/mol. The van der Waals surface area contributed by atoms with Gasteiger partial charge in [0.15, 0.2) is 0 Å². The van der Waals surface area contributed by atoms with Crippen LogP contribution in [-0.4, -0.2) is 35.7 Å². The SMILES string of the molecule is CC(C)CC1CC(NC(=O)CCC(=O)O)CCO1. The van der Waals surface area contributed by atoms with Crippen LogP contribution in [0.5, 0.6) is 0 Å². The Morgan fingerprint density at radius 2 is 2.11 bits per heavy atom. The van der Waals surface area contributed by atoms with E-state index in [0.717, 1.165) is 19.3 Å². The van der Waals surface area contributed by atoms with Gasteiger partial charge in [0.05, 0.1) is 12.5 Å². The fourth-order valence-electron chi connectivity index (χ4n) is 2.22. The highest BCUT2D eigenvalue weighted by Crippen LogP contribution is 2.20. The predicted octanol–water partition coefficient (Wildman–Crippen LogP) is 1.56. The molecule has 0 aromatic rings. The van der Waals surface area contributed by atoms with Crippen LogP contribution in [0.25, 0.3) is 0 Å². The zero-order chi connectivity index (χ0) is 13.5. The minimum Gasteiger partial charge on any atom is -0.481 e. The van der Waals surface area contributed by atoms with E-state index in [0.29, 0.717) is 12.5 Å². The van der Waals surface area contributed by atoms with Gasteiger partial charge in [0.25, 0.3) is 0 Å². The molecule has 2 atom stereocenters. The van der Waals surface area contributed by atoms with Crippen LogP contribution < -0.4 is 5.32 Å². The van der Waals surface area contributed by atoms with E-state index >= 15 is 0 Å². The van der Waals surface area contributed by atoms with Crippen molar-refractivity contribution in [3.05, 3.63) is 0 Å². The van der Waals surface area contributed by atoms with E-state index in [1.165, 1.54) is 0 Å². The Labute approximate surface area is 108 Å². The molecule has 1 amide bonds. The first-order valence-corrected chi connectivity index (χ1v) is 6.60. The highest BCUT2D eigenvalue weighted by molar-refractivity contribution is 5.80. The van der Waals surface area contributed by atoms with E-state index in [4.69, 9.17) is 9.84 Å². The fourth-order valence-corrected chi connectivity index (χ4v) is 2.22. The number of amides is 1. The van der Waals surface area contributed by atoms with Crippen LogP contribution in [-0.2, 0) is 14.3 Å². The lowest BCUT2D eigenvalue weighted by Crippen LogP contribution is -2.42. The normalized spacial score (nSPS) is 23.9. The number of carboxylic acids is 1. The summed E-state index contributed by atoms with van der Waals surface area (Å²) in [5.74, 6) is -0.529. The molecule has 5 nitrogen and oxygen atoms in total. The zero-order valence-electron chi connectivity index (χ0n) is 11.1. The number of ether oxygens (including phenoxy) is 1.